The van der Waals surface area contributed by atoms with Crippen molar-refractivity contribution in [3.63, 3.8) is 0 Å². The molecule has 0 saturated heterocycles. The van der Waals surface area contributed by atoms with Gasteiger partial charge in [0.2, 0.25) is 0 Å². The number of rotatable bonds is 3. The van der Waals surface area contributed by atoms with Crippen molar-refractivity contribution in [3.8, 4) is 0 Å². The van der Waals surface area contributed by atoms with E-state index in [1.54, 1.807) is 7.05 Å². The minimum absolute atomic E-state index is 0.581. The van der Waals surface area contributed by atoms with Gasteiger partial charge in [-0.3, -0.25) is 0 Å². The summed E-state index contributed by atoms with van der Waals surface area (Å²) in [7, 11) is 0.766. The first kappa shape index (κ1) is 8.43. The molecule has 0 aliphatic carbocycles. The molecule has 0 bridgehead atoms. The molecule has 0 spiro atoms. The molecule has 0 radical (unpaired) electrons. The first-order chi connectivity index (χ1) is 5.33. The summed E-state index contributed by atoms with van der Waals surface area (Å²) in [6.07, 6.45) is 0. The summed E-state index contributed by atoms with van der Waals surface area (Å²) in [5, 5.41) is 0. The Bertz CT molecular complexity index is 235. The Morgan fingerprint density at radius 3 is 2.55 bits per heavy atom. The zero-order valence-electron chi connectivity index (χ0n) is 6.41. The first-order valence-corrected chi connectivity index (χ1v) is 4.74. The number of hydrogen-bond acceptors (Lipinski definition) is 1. The van der Waals surface area contributed by atoms with Gasteiger partial charge in [-0.25, -0.2) is 8.93 Å². The zero-order chi connectivity index (χ0) is 8.10. The third kappa shape index (κ3) is 2.82. The minimum Gasteiger partial charge on any atom is -0.243 e. The molecule has 1 unspecified atom stereocenters. The lowest BCUT2D eigenvalue weighted by atomic mass is 10.2. The second-order valence-corrected chi connectivity index (χ2v) is 3.57. The van der Waals surface area contributed by atoms with E-state index in [1.807, 2.05) is 30.3 Å². The summed E-state index contributed by atoms with van der Waals surface area (Å²) >= 11 is 0. The minimum atomic E-state index is -0.928. The van der Waals surface area contributed by atoms with E-state index in [4.69, 9.17) is 0 Å². The molecule has 0 fully saturated rings. The monoisotopic (exact) mass is 169 g/mol. The lowest BCUT2D eigenvalue weighted by Crippen LogP contribution is -2.12. The molecule has 11 heavy (non-hydrogen) atoms. The van der Waals surface area contributed by atoms with Gasteiger partial charge >= 0.3 is 0 Å². The van der Waals surface area contributed by atoms with Crippen LogP contribution in [-0.4, -0.2) is 11.3 Å². The Hall–Kier alpha value is -0.670. The Kier molecular flexibility index (Phi) is 3.26. The lowest BCUT2D eigenvalue weighted by Gasteiger charge is -1.98. The Morgan fingerprint density at radius 1 is 1.36 bits per heavy atom. The van der Waals surface area contributed by atoms with Gasteiger partial charge in [0.05, 0.1) is 16.7 Å². The van der Waals surface area contributed by atoms with Crippen molar-refractivity contribution in [1.82, 2.24) is 4.72 Å². The number of hydrogen-bond donors (Lipinski definition) is 1. The molecule has 2 nitrogen and oxygen atoms in total. The van der Waals surface area contributed by atoms with Crippen molar-refractivity contribution in [2.75, 3.05) is 7.05 Å². The summed E-state index contributed by atoms with van der Waals surface area (Å²) in [4.78, 5) is 0. The van der Waals surface area contributed by atoms with Gasteiger partial charge < -0.3 is 0 Å². The van der Waals surface area contributed by atoms with E-state index >= 15 is 0 Å². The van der Waals surface area contributed by atoms with E-state index in [-0.39, 0.29) is 0 Å². The second-order valence-electron chi connectivity index (χ2n) is 2.18. The molecular formula is C8H11NOS. The van der Waals surface area contributed by atoms with E-state index in [0.717, 1.165) is 5.56 Å². The van der Waals surface area contributed by atoms with Crippen LogP contribution in [0.4, 0.5) is 0 Å². The lowest BCUT2D eigenvalue weighted by molar-refractivity contribution is 0.677. The zero-order valence-corrected chi connectivity index (χ0v) is 7.23. The average molecular weight is 169 g/mol. The summed E-state index contributed by atoms with van der Waals surface area (Å²) < 4.78 is 13.7. The maximum Gasteiger partial charge on any atom is 0.0957 e. The van der Waals surface area contributed by atoms with Gasteiger partial charge in [-0.1, -0.05) is 30.3 Å². The standard InChI is InChI=1S/C8H11NOS/c1-9-11(10)7-8-5-3-2-4-6-8/h2-6,9H,7H2,1H3. The van der Waals surface area contributed by atoms with Gasteiger partial charge in [0, 0.05) is 0 Å². The summed E-state index contributed by atoms with van der Waals surface area (Å²) in [6, 6.07) is 9.78. The van der Waals surface area contributed by atoms with Crippen LogP contribution in [0.25, 0.3) is 0 Å². The fourth-order valence-corrected chi connectivity index (χ4v) is 1.44. The van der Waals surface area contributed by atoms with Gasteiger partial charge in [0.1, 0.15) is 0 Å². The third-order valence-electron chi connectivity index (χ3n) is 1.37. The van der Waals surface area contributed by atoms with Crippen LogP contribution in [0.1, 0.15) is 5.56 Å². The van der Waals surface area contributed by atoms with Crippen LogP contribution in [0.15, 0.2) is 30.3 Å². The molecule has 1 N–H and O–H groups in total. The van der Waals surface area contributed by atoms with Crippen LogP contribution in [0.2, 0.25) is 0 Å². The Labute approximate surface area is 69.2 Å². The van der Waals surface area contributed by atoms with E-state index in [0.29, 0.717) is 5.75 Å². The molecular weight excluding hydrogens is 158 g/mol. The van der Waals surface area contributed by atoms with Crippen LogP contribution in [0, 0.1) is 0 Å². The van der Waals surface area contributed by atoms with Crippen LogP contribution in [-0.2, 0) is 16.7 Å². The second kappa shape index (κ2) is 4.26. The van der Waals surface area contributed by atoms with E-state index in [1.165, 1.54) is 0 Å². The normalized spacial score (nSPS) is 12.8. The topological polar surface area (TPSA) is 29.1 Å². The highest BCUT2D eigenvalue weighted by atomic mass is 32.2. The molecule has 1 aromatic carbocycles. The molecule has 0 heterocycles. The van der Waals surface area contributed by atoms with E-state index < -0.39 is 11.0 Å². The highest BCUT2D eigenvalue weighted by molar-refractivity contribution is 7.82. The average Bonchev–Trinajstić information content (AvgIpc) is 2.06. The van der Waals surface area contributed by atoms with Crippen LogP contribution >= 0.6 is 0 Å². The molecule has 0 amide bonds. The predicted molar refractivity (Wildman–Crippen MR) is 47.3 cm³/mol. The fourth-order valence-electron chi connectivity index (χ4n) is 0.798. The largest absolute Gasteiger partial charge is 0.243 e. The highest BCUT2D eigenvalue weighted by Crippen LogP contribution is 2.00. The van der Waals surface area contributed by atoms with E-state index in [2.05, 4.69) is 4.72 Å². The van der Waals surface area contributed by atoms with Crippen molar-refractivity contribution >= 4 is 11.0 Å². The molecule has 0 saturated carbocycles. The van der Waals surface area contributed by atoms with Gasteiger partial charge in [-0.15, -0.1) is 0 Å². The van der Waals surface area contributed by atoms with Gasteiger partial charge in [-0.2, -0.15) is 0 Å². The summed E-state index contributed by atoms with van der Waals surface area (Å²) in [5.74, 6) is 0.581. The van der Waals surface area contributed by atoms with Crippen molar-refractivity contribution < 1.29 is 4.21 Å². The number of benzene rings is 1. The maximum absolute atomic E-state index is 11.0. The van der Waals surface area contributed by atoms with Gasteiger partial charge in [0.25, 0.3) is 0 Å². The van der Waals surface area contributed by atoms with E-state index in [9.17, 15) is 4.21 Å². The van der Waals surface area contributed by atoms with Crippen molar-refractivity contribution in [2.45, 2.75) is 5.75 Å². The smallest absolute Gasteiger partial charge is 0.0957 e. The van der Waals surface area contributed by atoms with Crippen LogP contribution in [0.3, 0.4) is 0 Å². The third-order valence-corrected chi connectivity index (χ3v) is 2.42. The molecule has 0 aliphatic heterocycles. The van der Waals surface area contributed by atoms with Gasteiger partial charge in [-0.05, 0) is 12.6 Å². The molecule has 1 rings (SSSR count). The maximum atomic E-state index is 11.0. The first-order valence-electron chi connectivity index (χ1n) is 3.42. The van der Waals surface area contributed by atoms with Crippen LogP contribution in [0.5, 0.6) is 0 Å². The Morgan fingerprint density at radius 2 is 2.00 bits per heavy atom. The Balaban J connectivity index is 2.58. The summed E-state index contributed by atoms with van der Waals surface area (Å²) in [6.45, 7) is 0. The summed E-state index contributed by atoms with van der Waals surface area (Å²) in [5.41, 5.74) is 1.10. The SMILES string of the molecule is CNS(=O)Cc1ccccc1. The quantitative estimate of drug-likeness (QED) is 0.720. The van der Waals surface area contributed by atoms with Gasteiger partial charge in [0.15, 0.2) is 0 Å². The predicted octanol–water partition coefficient (Wildman–Crippen LogP) is 1.07. The van der Waals surface area contributed by atoms with Crippen molar-refractivity contribution in [3.05, 3.63) is 35.9 Å². The molecule has 1 aromatic rings. The molecule has 3 heteroatoms. The molecule has 1 atom stereocenters. The fraction of sp³-hybridized carbons (Fsp3) is 0.250. The van der Waals surface area contributed by atoms with Crippen molar-refractivity contribution in [2.24, 2.45) is 0 Å². The van der Waals surface area contributed by atoms with Crippen molar-refractivity contribution in [1.29, 1.82) is 0 Å². The molecule has 0 aromatic heterocycles. The highest BCUT2D eigenvalue weighted by Gasteiger charge is 1.95. The molecule has 0 aliphatic rings. The van der Waals surface area contributed by atoms with Crippen LogP contribution < -0.4 is 4.72 Å². The molecule has 60 valence electrons. The number of nitrogens with one attached hydrogen (secondary N) is 1.